The van der Waals surface area contributed by atoms with Gasteiger partial charge in [-0.2, -0.15) is 0 Å². The van der Waals surface area contributed by atoms with E-state index in [-0.39, 0.29) is 17.8 Å². The Labute approximate surface area is 147 Å². The second kappa shape index (κ2) is 7.66. The predicted molar refractivity (Wildman–Crippen MR) is 93.6 cm³/mol. The van der Waals surface area contributed by atoms with Crippen LogP contribution < -0.4 is 0 Å². The first kappa shape index (κ1) is 18.3. The van der Waals surface area contributed by atoms with E-state index in [2.05, 4.69) is 22.6 Å². The SMILES string of the molecule is CC(C)(C)OC(=O)N1CCCC(CI)(OCC2CCCO2)C1. The Morgan fingerprint density at radius 3 is 2.77 bits per heavy atom. The average Bonchev–Trinajstić information content (AvgIpc) is 2.97. The molecule has 2 aliphatic rings. The van der Waals surface area contributed by atoms with Gasteiger partial charge in [-0.25, -0.2) is 4.79 Å². The maximum atomic E-state index is 12.3. The van der Waals surface area contributed by atoms with Gasteiger partial charge in [-0.15, -0.1) is 0 Å². The Hall–Kier alpha value is -0.0800. The van der Waals surface area contributed by atoms with Crippen LogP contribution in [-0.4, -0.2) is 59.0 Å². The summed E-state index contributed by atoms with van der Waals surface area (Å²) in [6, 6.07) is 0. The molecule has 5 nitrogen and oxygen atoms in total. The van der Waals surface area contributed by atoms with Crippen molar-refractivity contribution in [1.82, 2.24) is 4.90 Å². The summed E-state index contributed by atoms with van der Waals surface area (Å²) < 4.78 is 18.2. The molecular weight excluding hydrogens is 397 g/mol. The molecule has 0 aromatic rings. The summed E-state index contributed by atoms with van der Waals surface area (Å²) in [7, 11) is 0. The minimum atomic E-state index is -0.458. The number of piperidine rings is 1. The molecule has 0 spiro atoms. The summed E-state index contributed by atoms with van der Waals surface area (Å²) >= 11 is 2.36. The Bertz CT molecular complexity index is 379. The van der Waals surface area contributed by atoms with Crippen LogP contribution in [0.3, 0.4) is 0 Å². The molecule has 2 aliphatic heterocycles. The highest BCUT2D eigenvalue weighted by Gasteiger charge is 2.39. The van der Waals surface area contributed by atoms with E-state index in [1.165, 1.54) is 0 Å². The van der Waals surface area contributed by atoms with Gasteiger partial charge in [-0.05, 0) is 46.5 Å². The summed E-state index contributed by atoms with van der Waals surface area (Å²) in [5.41, 5.74) is -0.721. The number of carbonyl (C=O) groups excluding carboxylic acids is 1. The van der Waals surface area contributed by atoms with Crippen LogP contribution in [0, 0.1) is 0 Å². The Kier molecular flexibility index (Phi) is 6.36. The number of carbonyl (C=O) groups is 1. The van der Waals surface area contributed by atoms with Crippen molar-refractivity contribution in [3.05, 3.63) is 0 Å². The highest BCUT2D eigenvalue weighted by molar-refractivity contribution is 14.1. The zero-order valence-electron chi connectivity index (χ0n) is 13.9. The molecular formula is C16H28INO4. The van der Waals surface area contributed by atoms with Gasteiger partial charge in [-0.1, -0.05) is 22.6 Å². The second-order valence-electron chi connectivity index (χ2n) is 7.27. The van der Waals surface area contributed by atoms with Crippen LogP contribution in [0.4, 0.5) is 4.79 Å². The minimum Gasteiger partial charge on any atom is -0.444 e. The number of likely N-dealkylation sites (tertiary alicyclic amines) is 1. The molecule has 2 atom stereocenters. The number of alkyl halides is 1. The maximum Gasteiger partial charge on any atom is 0.410 e. The monoisotopic (exact) mass is 425 g/mol. The standard InChI is InChI=1S/C16H28INO4/c1-15(2,3)22-14(19)18-8-5-7-16(11-17,12-18)21-10-13-6-4-9-20-13/h13H,4-12H2,1-3H3. The molecule has 0 aromatic heterocycles. The van der Waals surface area contributed by atoms with Crippen LogP contribution >= 0.6 is 22.6 Å². The molecule has 128 valence electrons. The molecule has 0 saturated carbocycles. The quantitative estimate of drug-likeness (QED) is 0.512. The van der Waals surface area contributed by atoms with Crippen molar-refractivity contribution in [2.45, 2.75) is 63.8 Å². The van der Waals surface area contributed by atoms with Crippen LogP contribution in [0.1, 0.15) is 46.5 Å². The van der Waals surface area contributed by atoms with Gasteiger partial charge in [0.15, 0.2) is 0 Å². The highest BCUT2D eigenvalue weighted by Crippen LogP contribution is 2.29. The highest BCUT2D eigenvalue weighted by atomic mass is 127. The van der Waals surface area contributed by atoms with E-state index in [0.29, 0.717) is 13.2 Å². The molecule has 0 bridgehead atoms. The Morgan fingerprint density at radius 1 is 1.41 bits per heavy atom. The molecule has 2 heterocycles. The predicted octanol–water partition coefficient (Wildman–Crippen LogP) is 3.39. The van der Waals surface area contributed by atoms with Crippen molar-refractivity contribution in [2.24, 2.45) is 0 Å². The molecule has 0 N–H and O–H groups in total. The molecule has 2 saturated heterocycles. The zero-order valence-corrected chi connectivity index (χ0v) is 16.1. The first-order valence-corrected chi connectivity index (χ1v) is 9.66. The fraction of sp³-hybridized carbons (Fsp3) is 0.938. The fourth-order valence-electron chi connectivity index (χ4n) is 2.89. The van der Waals surface area contributed by atoms with Crippen molar-refractivity contribution in [1.29, 1.82) is 0 Å². The molecule has 0 aromatic carbocycles. The molecule has 2 unspecified atom stereocenters. The molecule has 0 aliphatic carbocycles. The van der Waals surface area contributed by atoms with Crippen LogP contribution in [0.15, 0.2) is 0 Å². The van der Waals surface area contributed by atoms with E-state index in [0.717, 1.165) is 43.3 Å². The van der Waals surface area contributed by atoms with Crippen molar-refractivity contribution >= 4 is 28.7 Å². The van der Waals surface area contributed by atoms with E-state index in [4.69, 9.17) is 14.2 Å². The van der Waals surface area contributed by atoms with E-state index >= 15 is 0 Å². The molecule has 1 amide bonds. The third kappa shape index (κ3) is 5.23. The summed E-state index contributed by atoms with van der Waals surface area (Å²) in [6.07, 6.45) is 4.12. The lowest BCUT2D eigenvalue weighted by Crippen LogP contribution is -2.54. The van der Waals surface area contributed by atoms with Gasteiger partial charge in [0.25, 0.3) is 0 Å². The number of amides is 1. The van der Waals surface area contributed by atoms with Crippen molar-refractivity contribution in [3.63, 3.8) is 0 Å². The summed E-state index contributed by atoms with van der Waals surface area (Å²) in [6.45, 7) is 8.52. The average molecular weight is 425 g/mol. The number of rotatable bonds is 4. The topological polar surface area (TPSA) is 48.0 Å². The lowest BCUT2D eigenvalue weighted by atomic mass is 9.95. The van der Waals surface area contributed by atoms with Gasteiger partial charge in [-0.3, -0.25) is 0 Å². The second-order valence-corrected chi connectivity index (χ2v) is 8.03. The van der Waals surface area contributed by atoms with Crippen LogP contribution in [0.25, 0.3) is 0 Å². The van der Waals surface area contributed by atoms with Gasteiger partial charge >= 0.3 is 6.09 Å². The molecule has 6 heteroatoms. The molecule has 22 heavy (non-hydrogen) atoms. The van der Waals surface area contributed by atoms with E-state index in [1.54, 1.807) is 4.90 Å². The molecule has 2 rings (SSSR count). The van der Waals surface area contributed by atoms with Crippen molar-refractivity contribution in [2.75, 3.05) is 30.7 Å². The van der Waals surface area contributed by atoms with Gasteiger partial charge < -0.3 is 19.1 Å². The van der Waals surface area contributed by atoms with Gasteiger partial charge in [0, 0.05) is 17.6 Å². The van der Waals surface area contributed by atoms with Gasteiger partial charge in [0.05, 0.1) is 24.9 Å². The Balaban J connectivity index is 1.91. The molecule has 2 fully saturated rings. The number of hydrogen-bond acceptors (Lipinski definition) is 4. The normalized spacial score (nSPS) is 29.6. The van der Waals surface area contributed by atoms with E-state index in [1.807, 2.05) is 20.8 Å². The number of halogens is 1. The maximum absolute atomic E-state index is 12.3. The van der Waals surface area contributed by atoms with Gasteiger partial charge in [0.2, 0.25) is 0 Å². The minimum absolute atomic E-state index is 0.219. The van der Waals surface area contributed by atoms with E-state index in [9.17, 15) is 4.79 Å². The van der Waals surface area contributed by atoms with E-state index < -0.39 is 5.60 Å². The zero-order chi connectivity index (χ0) is 16.2. The van der Waals surface area contributed by atoms with Crippen molar-refractivity contribution in [3.8, 4) is 0 Å². The largest absolute Gasteiger partial charge is 0.444 e. The third-order valence-corrected chi connectivity index (χ3v) is 5.42. The fourth-order valence-corrected chi connectivity index (χ4v) is 3.73. The lowest BCUT2D eigenvalue weighted by molar-refractivity contribution is -0.101. The Morgan fingerprint density at radius 2 is 2.18 bits per heavy atom. The third-order valence-electron chi connectivity index (χ3n) is 4.03. The summed E-state index contributed by atoms with van der Waals surface area (Å²) in [5, 5.41) is 0. The van der Waals surface area contributed by atoms with Crippen LogP contribution in [0.2, 0.25) is 0 Å². The lowest BCUT2D eigenvalue weighted by Gasteiger charge is -2.42. The number of nitrogens with zero attached hydrogens (tertiary/aromatic N) is 1. The first-order chi connectivity index (χ1) is 10.3. The van der Waals surface area contributed by atoms with Crippen LogP contribution in [0.5, 0.6) is 0 Å². The van der Waals surface area contributed by atoms with Crippen LogP contribution in [-0.2, 0) is 14.2 Å². The summed E-state index contributed by atoms with van der Waals surface area (Å²) in [4.78, 5) is 14.1. The smallest absolute Gasteiger partial charge is 0.410 e. The van der Waals surface area contributed by atoms with Gasteiger partial charge in [0.1, 0.15) is 5.60 Å². The summed E-state index contributed by atoms with van der Waals surface area (Å²) in [5.74, 6) is 0. The number of hydrogen-bond donors (Lipinski definition) is 0. The molecule has 0 radical (unpaired) electrons. The number of ether oxygens (including phenoxy) is 3. The first-order valence-electron chi connectivity index (χ1n) is 8.13. The van der Waals surface area contributed by atoms with Crippen molar-refractivity contribution < 1.29 is 19.0 Å².